The van der Waals surface area contributed by atoms with Crippen LogP contribution in [0.2, 0.25) is 0 Å². The Morgan fingerprint density at radius 2 is 1.83 bits per heavy atom. The molecule has 1 aliphatic rings. The van der Waals surface area contributed by atoms with Crippen molar-refractivity contribution in [3.63, 3.8) is 0 Å². The van der Waals surface area contributed by atoms with Gasteiger partial charge in [-0.25, -0.2) is 18.6 Å². The number of anilines is 1. The molecular weight excluding hydrogens is 641 g/mol. The molecule has 1 amide bonds. The molecule has 1 unspecified atom stereocenters. The summed E-state index contributed by atoms with van der Waals surface area (Å²) in [6, 6.07) is 7.97. The van der Waals surface area contributed by atoms with Crippen molar-refractivity contribution in [1.82, 2.24) is 19.3 Å². The second-order valence-electron chi connectivity index (χ2n) is 11.4. The van der Waals surface area contributed by atoms with Crippen LogP contribution < -0.4 is 15.8 Å². The zero-order valence-corrected chi connectivity index (χ0v) is 25.5. The fraction of sp³-hybridized carbons (Fsp3) is 0.273. The third kappa shape index (κ3) is 5.74. The van der Waals surface area contributed by atoms with Crippen LogP contribution in [0.5, 0.6) is 0 Å². The van der Waals surface area contributed by atoms with Crippen LogP contribution >= 0.6 is 0 Å². The minimum atomic E-state index is -4.75. The van der Waals surface area contributed by atoms with Crippen molar-refractivity contribution in [3.05, 3.63) is 99.7 Å². The molecule has 2 atom stereocenters. The molecule has 0 bridgehead atoms. The highest BCUT2D eigenvalue weighted by molar-refractivity contribution is 5.97. The largest absolute Gasteiger partial charge is 0.480 e. The molecule has 0 spiro atoms. The number of hydrogen-bond acceptors (Lipinski definition) is 6. The molecule has 1 aliphatic heterocycles. The van der Waals surface area contributed by atoms with Crippen molar-refractivity contribution in [2.24, 2.45) is 7.05 Å². The molecule has 4 heterocycles. The van der Waals surface area contributed by atoms with E-state index in [-0.39, 0.29) is 25.1 Å². The van der Waals surface area contributed by atoms with Crippen molar-refractivity contribution in [2.75, 3.05) is 24.7 Å². The summed E-state index contributed by atoms with van der Waals surface area (Å²) in [6.07, 6.45) is -2.10. The number of aliphatic carboxylic acids is 1. The second-order valence-corrected chi connectivity index (χ2v) is 11.4. The van der Waals surface area contributed by atoms with Gasteiger partial charge in [-0.05, 0) is 42.8 Å². The Balaban J connectivity index is 1.30. The molecule has 1 saturated heterocycles. The van der Waals surface area contributed by atoms with E-state index in [2.05, 4.69) is 10.3 Å². The first-order chi connectivity index (χ1) is 22.8. The minimum absolute atomic E-state index is 0.109. The van der Waals surface area contributed by atoms with Gasteiger partial charge >= 0.3 is 12.1 Å². The number of ether oxygens (including phenoxy) is 1. The number of para-hydroxylation sites is 1. The fourth-order valence-electron chi connectivity index (χ4n) is 6.17. The number of aromatic nitrogens is 3. The van der Waals surface area contributed by atoms with Gasteiger partial charge in [0, 0.05) is 54.7 Å². The molecule has 0 radical (unpaired) electrons. The van der Waals surface area contributed by atoms with Crippen LogP contribution in [0.25, 0.3) is 27.7 Å². The molecule has 48 heavy (non-hydrogen) atoms. The monoisotopic (exact) mass is 669 g/mol. The number of fused-ring (bicyclic) bond motifs is 2. The molecule has 250 valence electrons. The van der Waals surface area contributed by atoms with Crippen molar-refractivity contribution in [1.29, 1.82) is 0 Å². The van der Waals surface area contributed by atoms with E-state index in [1.54, 1.807) is 29.8 Å². The summed E-state index contributed by atoms with van der Waals surface area (Å²) in [6.45, 7) is 0.677. The van der Waals surface area contributed by atoms with Crippen LogP contribution in [0.4, 0.5) is 27.6 Å². The first-order valence-electron chi connectivity index (χ1n) is 14.8. The van der Waals surface area contributed by atoms with E-state index in [1.807, 2.05) is 31.2 Å². The minimum Gasteiger partial charge on any atom is -0.480 e. The van der Waals surface area contributed by atoms with Gasteiger partial charge in [-0.3, -0.25) is 9.59 Å². The van der Waals surface area contributed by atoms with Gasteiger partial charge < -0.3 is 29.0 Å². The number of imidazole rings is 1. The summed E-state index contributed by atoms with van der Waals surface area (Å²) in [5.74, 6) is -5.86. The Morgan fingerprint density at radius 3 is 2.52 bits per heavy atom. The van der Waals surface area contributed by atoms with E-state index in [9.17, 15) is 32.7 Å². The molecule has 15 heteroatoms. The van der Waals surface area contributed by atoms with Gasteiger partial charge in [0.05, 0.1) is 24.3 Å². The van der Waals surface area contributed by atoms with E-state index in [1.165, 1.54) is 10.8 Å². The number of nitrogens with one attached hydrogen (secondary N) is 1. The lowest BCUT2D eigenvalue weighted by atomic mass is 9.98. The Hall–Kier alpha value is -5.31. The van der Waals surface area contributed by atoms with Crippen molar-refractivity contribution < 1.29 is 41.4 Å². The van der Waals surface area contributed by atoms with Gasteiger partial charge in [-0.2, -0.15) is 13.2 Å². The predicted molar refractivity (Wildman–Crippen MR) is 165 cm³/mol. The van der Waals surface area contributed by atoms with Gasteiger partial charge in [-0.1, -0.05) is 18.2 Å². The standard InChI is InChI=1S/C33H28F5N5O5/c1-17-20-5-3-4-6-25(20)41(2)31(45)27(17)21-8-7-18(43-10-9-39-29(21)43)15-24(32(46)47)40-30(44)28-22(34)13-19(14-23(28)35)42-11-12-48-16-26(42)33(36,37)38/h3-10,13-14,24,26H,11-12,15-16H2,1-2H3,(H,40,44)(H,46,47)/t24?,26-/m0/s1. The molecule has 3 aromatic heterocycles. The smallest absolute Gasteiger partial charge is 0.411 e. The third-order valence-corrected chi connectivity index (χ3v) is 8.57. The number of carboxylic acid groups (broad SMARTS) is 1. The summed E-state index contributed by atoms with van der Waals surface area (Å²) in [5.41, 5.74) is 1.18. The number of carboxylic acids is 1. The van der Waals surface area contributed by atoms with Gasteiger partial charge in [0.2, 0.25) is 0 Å². The molecule has 6 rings (SSSR count). The lowest BCUT2D eigenvalue weighted by Gasteiger charge is -2.38. The number of alkyl halides is 3. The predicted octanol–water partition coefficient (Wildman–Crippen LogP) is 4.63. The molecule has 10 nitrogen and oxygen atoms in total. The third-order valence-electron chi connectivity index (χ3n) is 8.57. The van der Waals surface area contributed by atoms with Gasteiger partial charge in [-0.15, -0.1) is 0 Å². The average Bonchev–Trinajstić information content (AvgIpc) is 3.54. The van der Waals surface area contributed by atoms with Crippen LogP contribution in [0.15, 0.2) is 65.7 Å². The number of hydrogen-bond donors (Lipinski definition) is 2. The fourth-order valence-corrected chi connectivity index (χ4v) is 6.17. The van der Waals surface area contributed by atoms with E-state index < -0.39 is 59.6 Å². The van der Waals surface area contributed by atoms with Crippen molar-refractivity contribution >= 4 is 34.1 Å². The molecule has 0 saturated carbocycles. The van der Waals surface area contributed by atoms with Crippen LogP contribution in [0.3, 0.4) is 0 Å². The van der Waals surface area contributed by atoms with Crippen LogP contribution in [-0.2, 0) is 23.0 Å². The summed E-state index contributed by atoms with van der Waals surface area (Å²) in [4.78, 5) is 43.9. The first kappa shape index (κ1) is 32.6. The van der Waals surface area contributed by atoms with Crippen LogP contribution in [0, 0.1) is 18.6 Å². The maximum atomic E-state index is 15.2. The van der Waals surface area contributed by atoms with Gasteiger partial charge in [0.25, 0.3) is 11.5 Å². The molecule has 5 aromatic rings. The SMILES string of the molecule is Cc1c(-c2ccc(CC(NC(=O)c3c(F)cc(N4CCOC[C@H]4C(F)(F)F)cc3F)C(=O)O)n3ccnc23)c(=O)n(C)c2ccccc12. The zero-order valence-electron chi connectivity index (χ0n) is 25.5. The van der Waals surface area contributed by atoms with Crippen LogP contribution in [0.1, 0.15) is 21.6 Å². The molecule has 0 aliphatic carbocycles. The number of rotatable bonds is 7. The first-order valence-corrected chi connectivity index (χ1v) is 14.8. The van der Waals surface area contributed by atoms with E-state index in [0.717, 1.165) is 21.4 Å². The van der Waals surface area contributed by atoms with Gasteiger partial charge in [0.1, 0.15) is 34.9 Å². The van der Waals surface area contributed by atoms with E-state index in [4.69, 9.17) is 4.74 Å². The lowest BCUT2D eigenvalue weighted by Crippen LogP contribution is -2.53. The van der Waals surface area contributed by atoms with E-state index in [0.29, 0.717) is 34.6 Å². The van der Waals surface area contributed by atoms with Crippen molar-refractivity contribution in [2.45, 2.75) is 31.6 Å². The summed E-state index contributed by atoms with van der Waals surface area (Å²) in [7, 11) is 1.66. The highest BCUT2D eigenvalue weighted by Gasteiger charge is 2.46. The normalized spacial score (nSPS) is 16.0. The Kier molecular flexibility index (Phi) is 8.41. The zero-order chi connectivity index (χ0) is 34.5. The maximum Gasteiger partial charge on any atom is 0.411 e. The number of morpholine rings is 1. The highest BCUT2D eigenvalue weighted by atomic mass is 19.4. The number of pyridine rings is 2. The number of benzene rings is 2. The number of halogens is 5. The Labute approximate surface area is 269 Å². The number of amides is 1. The Bertz CT molecular complexity index is 2120. The molecule has 2 aromatic carbocycles. The molecular formula is C33H28F5N5O5. The Morgan fingerprint density at radius 1 is 1.12 bits per heavy atom. The quantitative estimate of drug-likeness (QED) is 0.243. The molecule has 2 N–H and O–H groups in total. The molecule has 1 fully saturated rings. The topological polar surface area (TPSA) is 118 Å². The lowest BCUT2D eigenvalue weighted by molar-refractivity contribution is -0.167. The summed E-state index contributed by atoms with van der Waals surface area (Å²) < 4.78 is 78.9. The van der Waals surface area contributed by atoms with Crippen molar-refractivity contribution in [3.8, 4) is 11.1 Å². The number of nitrogens with zero attached hydrogens (tertiary/aromatic N) is 4. The maximum absolute atomic E-state index is 15.2. The number of carbonyl (C=O) groups is 2. The highest BCUT2D eigenvalue weighted by Crippen LogP contribution is 2.33. The summed E-state index contributed by atoms with van der Waals surface area (Å²) in [5, 5.41) is 12.9. The van der Waals surface area contributed by atoms with E-state index >= 15 is 8.78 Å². The van der Waals surface area contributed by atoms with Crippen LogP contribution in [-0.4, -0.2) is 69.0 Å². The second kappa shape index (κ2) is 12.4. The number of carbonyl (C=O) groups excluding carboxylic acids is 1. The average molecular weight is 670 g/mol. The summed E-state index contributed by atoms with van der Waals surface area (Å²) >= 11 is 0. The van der Waals surface area contributed by atoms with Gasteiger partial charge in [0.15, 0.2) is 0 Å². The number of aryl methyl sites for hydroxylation is 2.